The zero-order chi connectivity index (χ0) is 24.4. The molecular formula is C26H24ClN3O6. The molecular weight excluding hydrogens is 486 g/mol. The molecule has 1 N–H and O–H groups in total. The Morgan fingerprint density at radius 3 is 1.92 bits per heavy atom. The van der Waals surface area contributed by atoms with Crippen molar-refractivity contribution in [2.75, 3.05) is 39.3 Å². The number of para-hydroxylation sites is 2. The molecule has 10 heteroatoms. The highest BCUT2D eigenvalue weighted by Crippen LogP contribution is 2.15. The summed E-state index contributed by atoms with van der Waals surface area (Å²) >= 11 is 0. The largest absolute Gasteiger partial charge is 0.451 e. The van der Waals surface area contributed by atoms with Crippen LogP contribution in [0.15, 0.2) is 79.1 Å². The molecule has 1 aliphatic rings. The molecule has 0 unspecified atom stereocenters. The van der Waals surface area contributed by atoms with Crippen LogP contribution in [0.3, 0.4) is 0 Å². The maximum atomic E-state index is 12.9. The van der Waals surface area contributed by atoms with Crippen LogP contribution < -0.4 is 16.2 Å². The fraction of sp³-hybridized carbons (Fsp3) is 0.231. The SMILES string of the molecule is Cl.O=C(NCCN1CCN(C(=O)c2cc(=O)c3ccccc3o2)CC1)c1cc(=O)c2ccccc2o1. The van der Waals surface area contributed by atoms with Gasteiger partial charge in [-0.25, -0.2) is 0 Å². The first-order valence-corrected chi connectivity index (χ1v) is 11.4. The molecule has 0 atom stereocenters. The van der Waals surface area contributed by atoms with Crippen molar-refractivity contribution in [3.05, 3.63) is 92.6 Å². The minimum atomic E-state index is -0.451. The van der Waals surface area contributed by atoms with Crippen molar-refractivity contribution in [1.82, 2.24) is 15.1 Å². The van der Waals surface area contributed by atoms with Gasteiger partial charge in [0.25, 0.3) is 11.8 Å². The number of rotatable bonds is 5. The lowest BCUT2D eigenvalue weighted by atomic mass is 10.2. The Labute approximate surface area is 211 Å². The fourth-order valence-electron chi connectivity index (χ4n) is 4.17. The summed E-state index contributed by atoms with van der Waals surface area (Å²) in [5.74, 6) is -0.757. The normalized spacial score (nSPS) is 13.9. The molecule has 36 heavy (non-hydrogen) atoms. The second kappa shape index (κ2) is 10.8. The third kappa shape index (κ3) is 5.17. The van der Waals surface area contributed by atoms with Gasteiger partial charge in [0.2, 0.25) is 0 Å². The molecule has 1 fully saturated rings. The molecule has 0 radical (unpaired) electrons. The van der Waals surface area contributed by atoms with Crippen molar-refractivity contribution in [3.8, 4) is 0 Å². The predicted molar refractivity (Wildman–Crippen MR) is 137 cm³/mol. The highest BCUT2D eigenvalue weighted by atomic mass is 35.5. The van der Waals surface area contributed by atoms with E-state index in [1.165, 1.54) is 12.1 Å². The summed E-state index contributed by atoms with van der Waals surface area (Å²) in [7, 11) is 0. The zero-order valence-corrected chi connectivity index (χ0v) is 20.1. The van der Waals surface area contributed by atoms with Crippen molar-refractivity contribution in [2.45, 2.75) is 0 Å². The van der Waals surface area contributed by atoms with Crippen LogP contribution in [0.2, 0.25) is 0 Å². The maximum Gasteiger partial charge on any atom is 0.289 e. The standard InChI is InChI=1S/C26H23N3O6.ClH/c30-19-15-23(34-21-7-3-1-5-17(19)21)25(32)27-9-10-28-11-13-29(14-12-28)26(33)24-16-20(31)18-6-2-4-8-22(18)35-24;/h1-8,15-16H,9-14H2,(H,27,32);1H. The van der Waals surface area contributed by atoms with E-state index in [-0.39, 0.29) is 40.7 Å². The van der Waals surface area contributed by atoms with Crippen LogP contribution >= 0.6 is 12.4 Å². The highest BCUT2D eigenvalue weighted by molar-refractivity contribution is 5.94. The van der Waals surface area contributed by atoms with Crippen LogP contribution in [-0.2, 0) is 0 Å². The smallest absolute Gasteiger partial charge is 0.289 e. The lowest BCUT2D eigenvalue weighted by Crippen LogP contribution is -2.50. The number of amides is 2. The molecule has 1 aliphatic heterocycles. The van der Waals surface area contributed by atoms with Gasteiger partial charge in [-0.05, 0) is 24.3 Å². The summed E-state index contributed by atoms with van der Waals surface area (Å²) < 4.78 is 11.2. The van der Waals surface area contributed by atoms with Crippen molar-refractivity contribution in [1.29, 1.82) is 0 Å². The number of carbonyl (C=O) groups is 2. The fourth-order valence-corrected chi connectivity index (χ4v) is 4.17. The van der Waals surface area contributed by atoms with E-state index in [0.717, 1.165) is 0 Å². The summed E-state index contributed by atoms with van der Waals surface area (Å²) in [6.45, 7) is 3.13. The Hall–Kier alpha value is -3.95. The maximum absolute atomic E-state index is 12.9. The topological polar surface area (TPSA) is 113 Å². The van der Waals surface area contributed by atoms with Crippen LogP contribution in [0.25, 0.3) is 21.9 Å². The molecule has 2 amide bonds. The number of piperazine rings is 1. The van der Waals surface area contributed by atoms with Crippen LogP contribution in [0, 0.1) is 0 Å². The van der Waals surface area contributed by atoms with Crippen LogP contribution in [0.1, 0.15) is 21.1 Å². The number of nitrogens with zero attached hydrogens (tertiary/aromatic N) is 2. The monoisotopic (exact) mass is 509 g/mol. The first kappa shape index (κ1) is 25.2. The Morgan fingerprint density at radius 2 is 1.31 bits per heavy atom. The number of fused-ring (bicyclic) bond motifs is 2. The summed E-state index contributed by atoms with van der Waals surface area (Å²) in [5, 5.41) is 3.65. The Morgan fingerprint density at radius 1 is 0.778 bits per heavy atom. The van der Waals surface area contributed by atoms with E-state index in [4.69, 9.17) is 8.83 Å². The van der Waals surface area contributed by atoms with Gasteiger partial charge in [0, 0.05) is 51.4 Å². The van der Waals surface area contributed by atoms with Gasteiger partial charge >= 0.3 is 0 Å². The van der Waals surface area contributed by atoms with Gasteiger partial charge in [0.1, 0.15) is 11.2 Å². The first-order chi connectivity index (χ1) is 17.0. The number of hydrogen-bond acceptors (Lipinski definition) is 7. The minimum absolute atomic E-state index is 0. The molecule has 1 saturated heterocycles. The van der Waals surface area contributed by atoms with E-state index in [0.29, 0.717) is 61.2 Å². The van der Waals surface area contributed by atoms with Gasteiger partial charge in [-0.3, -0.25) is 24.1 Å². The Bertz CT molecular complexity index is 1540. The molecule has 4 aromatic rings. The van der Waals surface area contributed by atoms with Gasteiger partial charge in [-0.15, -0.1) is 12.4 Å². The third-order valence-electron chi connectivity index (χ3n) is 6.08. The number of hydrogen-bond donors (Lipinski definition) is 1. The summed E-state index contributed by atoms with van der Waals surface area (Å²) in [6, 6.07) is 16.1. The Kier molecular flexibility index (Phi) is 7.52. The molecule has 5 rings (SSSR count). The van der Waals surface area contributed by atoms with E-state index in [2.05, 4.69) is 10.2 Å². The Balaban J connectivity index is 0.00000304. The van der Waals surface area contributed by atoms with E-state index in [1.807, 2.05) is 0 Å². The van der Waals surface area contributed by atoms with Gasteiger partial charge in [-0.1, -0.05) is 24.3 Å². The van der Waals surface area contributed by atoms with E-state index in [1.54, 1.807) is 53.4 Å². The van der Waals surface area contributed by atoms with Crippen molar-refractivity contribution in [2.24, 2.45) is 0 Å². The van der Waals surface area contributed by atoms with Gasteiger partial charge in [-0.2, -0.15) is 0 Å². The van der Waals surface area contributed by atoms with Crippen molar-refractivity contribution < 1.29 is 18.4 Å². The van der Waals surface area contributed by atoms with E-state index in [9.17, 15) is 19.2 Å². The highest BCUT2D eigenvalue weighted by Gasteiger charge is 2.24. The summed E-state index contributed by atoms with van der Waals surface area (Å²) in [5.41, 5.74) is 0.250. The average molecular weight is 510 g/mol. The van der Waals surface area contributed by atoms with E-state index >= 15 is 0 Å². The number of carbonyl (C=O) groups excluding carboxylic acids is 2. The van der Waals surface area contributed by atoms with Crippen LogP contribution in [0.4, 0.5) is 0 Å². The molecule has 2 aromatic heterocycles. The number of benzene rings is 2. The quantitative estimate of drug-likeness (QED) is 0.440. The summed E-state index contributed by atoms with van der Waals surface area (Å²) in [4.78, 5) is 53.6. The van der Waals surface area contributed by atoms with Gasteiger partial charge < -0.3 is 19.1 Å². The van der Waals surface area contributed by atoms with Crippen LogP contribution in [-0.4, -0.2) is 60.9 Å². The average Bonchev–Trinajstić information content (AvgIpc) is 2.88. The van der Waals surface area contributed by atoms with Gasteiger partial charge in [0.15, 0.2) is 22.4 Å². The lowest BCUT2D eigenvalue weighted by molar-refractivity contribution is 0.0607. The molecule has 0 saturated carbocycles. The molecule has 9 nitrogen and oxygen atoms in total. The van der Waals surface area contributed by atoms with E-state index < -0.39 is 5.91 Å². The van der Waals surface area contributed by atoms with Crippen molar-refractivity contribution in [3.63, 3.8) is 0 Å². The first-order valence-electron chi connectivity index (χ1n) is 11.4. The molecule has 186 valence electrons. The second-order valence-electron chi connectivity index (χ2n) is 8.33. The number of nitrogens with one attached hydrogen (secondary N) is 1. The van der Waals surface area contributed by atoms with Gasteiger partial charge in [0.05, 0.1) is 10.8 Å². The molecule has 0 bridgehead atoms. The predicted octanol–water partition coefficient (Wildman–Crippen LogP) is 2.51. The second-order valence-corrected chi connectivity index (χ2v) is 8.33. The summed E-state index contributed by atoms with van der Waals surface area (Å²) in [6.07, 6.45) is 0. The molecule has 2 aromatic carbocycles. The molecule has 3 heterocycles. The lowest BCUT2D eigenvalue weighted by Gasteiger charge is -2.34. The zero-order valence-electron chi connectivity index (χ0n) is 19.3. The number of halogens is 1. The minimum Gasteiger partial charge on any atom is -0.451 e. The van der Waals surface area contributed by atoms with Crippen molar-refractivity contribution >= 4 is 46.2 Å². The third-order valence-corrected chi connectivity index (χ3v) is 6.08. The molecule has 0 aliphatic carbocycles. The molecule has 0 spiro atoms. The van der Waals surface area contributed by atoms with Crippen LogP contribution in [0.5, 0.6) is 0 Å².